The Labute approximate surface area is 126 Å². The van der Waals surface area contributed by atoms with Gasteiger partial charge in [0.05, 0.1) is 7.85 Å². The molecule has 4 aliphatic carbocycles. The SMILES string of the molecule is [B]C1CCC2C3CCC4CCCCC4(C)C3CCC12C. The van der Waals surface area contributed by atoms with Crippen molar-refractivity contribution in [3.63, 3.8) is 0 Å². The smallest absolute Gasteiger partial charge is 0.0707 e. The Kier molecular flexibility index (Phi) is 3.10. The molecule has 0 amide bonds. The largest absolute Gasteiger partial charge is 0.0718 e. The lowest BCUT2D eigenvalue weighted by molar-refractivity contribution is -0.103. The molecule has 4 rings (SSSR count). The van der Waals surface area contributed by atoms with Gasteiger partial charge in [-0.05, 0) is 73.0 Å². The lowest BCUT2D eigenvalue weighted by Gasteiger charge is -2.60. The van der Waals surface area contributed by atoms with Gasteiger partial charge in [-0.15, -0.1) is 0 Å². The molecule has 0 saturated heterocycles. The third-order valence-electron chi connectivity index (χ3n) is 8.66. The first-order valence-corrected chi connectivity index (χ1v) is 9.31. The van der Waals surface area contributed by atoms with Crippen LogP contribution in [0, 0.1) is 34.5 Å². The minimum atomic E-state index is 0.485. The first-order chi connectivity index (χ1) is 9.56. The maximum absolute atomic E-state index is 6.51. The van der Waals surface area contributed by atoms with E-state index in [2.05, 4.69) is 13.8 Å². The molecule has 4 aliphatic rings. The average Bonchev–Trinajstić information content (AvgIpc) is 2.74. The summed E-state index contributed by atoms with van der Waals surface area (Å²) in [7, 11) is 6.51. The summed E-state index contributed by atoms with van der Waals surface area (Å²) in [6, 6.07) is 0. The summed E-state index contributed by atoms with van der Waals surface area (Å²) in [6.45, 7) is 5.20. The van der Waals surface area contributed by atoms with Gasteiger partial charge in [0.15, 0.2) is 0 Å². The summed E-state index contributed by atoms with van der Waals surface area (Å²) in [6.07, 6.45) is 14.7. The quantitative estimate of drug-likeness (QED) is 0.519. The molecule has 0 spiro atoms. The van der Waals surface area contributed by atoms with E-state index in [1.165, 1.54) is 64.2 Å². The lowest BCUT2D eigenvalue weighted by atomic mass is 9.44. The van der Waals surface area contributed by atoms with Crippen LogP contribution < -0.4 is 0 Å². The fraction of sp³-hybridized carbons (Fsp3) is 1.00. The second kappa shape index (κ2) is 4.53. The molecule has 110 valence electrons. The van der Waals surface area contributed by atoms with Crippen LogP contribution in [0.15, 0.2) is 0 Å². The standard InChI is InChI=1S/C19H31B/c1-18-11-4-3-5-13(18)6-7-14-15-8-9-17(20)19(15,2)12-10-16(14)18/h13-17H,3-12H2,1-2H3. The molecule has 20 heavy (non-hydrogen) atoms. The van der Waals surface area contributed by atoms with Crippen LogP contribution in [-0.2, 0) is 0 Å². The van der Waals surface area contributed by atoms with Gasteiger partial charge in [0.1, 0.15) is 0 Å². The molecular weight excluding hydrogens is 239 g/mol. The second-order valence-electron chi connectivity index (χ2n) is 9.13. The first-order valence-electron chi connectivity index (χ1n) is 9.31. The van der Waals surface area contributed by atoms with Crippen LogP contribution in [-0.4, -0.2) is 7.85 Å². The third kappa shape index (κ3) is 1.67. The normalized spacial score (nSPS) is 58.6. The average molecular weight is 270 g/mol. The maximum atomic E-state index is 6.51. The third-order valence-corrected chi connectivity index (χ3v) is 8.66. The zero-order valence-electron chi connectivity index (χ0n) is 13.5. The molecule has 2 radical (unpaired) electrons. The molecule has 0 aromatic rings. The van der Waals surface area contributed by atoms with E-state index >= 15 is 0 Å². The number of hydrogen-bond donors (Lipinski definition) is 0. The van der Waals surface area contributed by atoms with Crippen molar-refractivity contribution in [3.05, 3.63) is 0 Å². The molecule has 0 nitrogen and oxygen atoms in total. The summed E-state index contributed by atoms with van der Waals surface area (Å²) in [5.74, 6) is 4.55. The van der Waals surface area contributed by atoms with Crippen molar-refractivity contribution in [2.75, 3.05) is 0 Å². The molecule has 4 saturated carbocycles. The summed E-state index contributed by atoms with van der Waals surface area (Å²) >= 11 is 0. The summed E-state index contributed by atoms with van der Waals surface area (Å²) in [5, 5.41) is 0. The van der Waals surface area contributed by atoms with Crippen molar-refractivity contribution in [2.24, 2.45) is 34.5 Å². The molecule has 0 aromatic heterocycles. The van der Waals surface area contributed by atoms with Gasteiger partial charge in [0, 0.05) is 0 Å². The monoisotopic (exact) mass is 270 g/mol. The summed E-state index contributed by atoms with van der Waals surface area (Å²) in [4.78, 5) is 0. The Bertz CT molecular complexity index is 391. The zero-order valence-corrected chi connectivity index (χ0v) is 13.5. The Morgan fingerprint density at radius 1 is 0.750 bits per heavy atom. The maximum Gasteiger partial charge on any atom is 0.0707 e. The molecule has 0 N–H and O–H groups in total. The highest BCUT2D eigenvalue weighted by Gasteiger charge is 2.58. The highest BCUT2D eigenvalue weighted by molar-refractivity contribution is 6.12. The zero-order chi connectivity index (χ0) is 14.0. The predicted octanol–water partition coefficient (Wildman–Crippen LogP) is 5.38. The molecule has 0 bridgehead atoms. The summed E-state index contributed by atoms with van der Waals surface area (Å²) in [5.41, 5.74) is 1.17. The Balaban J connectivity index is 1.64. The van der Waals surface area contributed by atoms with Crippen LogP contribution in [0.2, 0.25) is 5.82 Å². The van der Waals surface area contributed by atoms with Crippen molar-refractivity contribution in [1.82, 2.24) is 0 Å². The Morgan fingerprint density at radius 3 is 2.40 bits per heavy atom. The van der Waals surface area contributed by atoms with E-state index in [0.29, 0.717) is 16.6 Å². The fourth-order valence-corrected chi connectivity index (χ4v) is 7.34. The van der Waals surface area contributed by atoms with Gasteiger partial charge < -0.3 is 0 Å². The molecule has 0 aliphatic heterocycles. The fourth-order valence-electron chi connectivity index (χ4n) is 7.34. The summed E-state index contributed by atoms with van der Waals surface area (Å²) < 4.78 is 0. The number of rotatable bonds is 0. The Morgan fingerprint density at radius 2 is 1.55 bits per heavy atom. The van der Waals surface area contributed by atoms with E-state index in [1.807, 2.05) is 0 Å². The van der Waals surface area contributed by atoms with E-state index in [4.69, 9.17) is 7.85 Å². The van der Waals surface area contributed by atoms with Gasteiger partial charge in [-0.3, -0.25) is 0 Å². The molecule has 1 heteroatoms. The molecular formula is C19H31B. The van der Waals surface area contributed by atoms with Crippen LogP contribution in [0.4, 0.5) is 0 Å². The van der Waals surface area contributed by atoms with Gasteiger partial charge >= 0.3 is 0 Å². The van der Waals surface area contributed by atoms with Crippen LogP contribution in [0.5, 0.6) is 0 Å². The van der Waals surface area contributed by atoms with Crippen molar-refractivity contribution in [2.45, 2.75) is 83.9 Å². The van der Waals surface area contributed by atoms with E-state index in [-0.39, 0.29) is 0 Å². The number of hydrogen-bond acceptors (Lipinski definition) is 0. The van der Waals surface area contributed by atoms with E-state index in [9.17, 15) is 0 Å². The molecule has 7 atom stereocenters. The predicted molar refractivity (Wildman–Crippen MR) is 85.8 cm³/mol. The van der Waals surface area contributed by atoms with E-state index in [0.717, 1.165) is 23.7 Å². The minimum Gasteiger partial charge on any atom is -0.0718 e. The van der Waals surface area contributed by atoms with Crippen molar-refractivity contribution >= 4 is 7.85 Å². The molecule has 0 heterocycles. The minimum absolute atomic E-state index is 0.485. The second-order valence-corrected chi connectivity index (χ2v) is 9.13. The van der Waals surface area contributed by atoms with Gasteiger partial charge in [-0.2, -0.15) is 0 Å². The molecule has 7 unspecified atom stereocenters. The van der Waals surface area contributed by atoms with Crippen LogP contribution in [0.1, 0.15) is 78.1 Å². The molecule has 4 fully saturated rings. The highest BCUT2D eigenvalue weighted by atomic mass is 14.6. The number of fused-ring (bicyclic) bond motifs is 5. The van der Waals surface area contributed by atoms with Crippen molar-refractivity contribution in [1.29, 1.82) is 0 Å². The van der Waals surface area contributed by atoms with Crippen molar-refractivity contribution in [3.8, 4) is 0 Å². The van der Waals surface area contributed by atoms with Gasteiger partial charge in [-0.25, -0.2) is 0 Å². The Hall–Kier alpha value is 0.0649. The van der Waals surface area contributed by atoms with Crippen LogP contribution in [0.3, 0.4) is 0 Å². The van der Waals surface area contributed by atoms with E-state index in [1.54, 1.807) is 0 Å². The topological polar surface area (TPSA) is 0 Å². The van der Waals surface area contributed by atoms with Crippen LogP contribution in [0.25, 0.3) is 0 Å². The van der Waals surface area contributed by atoms with Gasteiger partial charge in [-0.1, -0.05) is 45.3 Å². The lowest BCUT2D eigenvalue weighted by Crippen LogP contribution is -2.52. The van der Waals surface area contributed by atoms with Gasteiger partial charge in [0.2, 0.25) is 0 Å². The van der Waals surface area contributed by atoms with Crippen LogP contribution >= 0.6 is 0 Å². The highest BCUT2D eigenvalue weighted by Crippen LogP contribution is 2.68. The molecule has 0 aromatic carbocycles. The first kappa shape index (κ1) is 13.7. The van der Waals surface area contributed by atoms with E-state index < -0.39 is 0 Å². The van der Waals surface area contributed by atoms with Crippen molar-refractivity contribution < 1.29 is 0 Å². The van der Waals surface area contributed by atoms with Gasteiger partial charge in [0.25, 0.3) is 0 Å².